The predicted molar refractivity (Wildman–Crippen MR) is 77.2 cm³/mol. The smallest absolute Gasteiger partial charge is 0.263 e. The van der Waals surface area contributed by atoms with E-state index in [0.717, 1.165) is 17.7 Å². The lowest BCUT2D eigenvalue weighted by Gasteiger charge is -2.23. The van der Waals surface area contributed by atoms with Crippen LogP contribution in [0.1, 0.15) is 26.3 Å². The number of ether oxygens (including phenoxy) is 1. The fourth-order valence-corrected chi connectivity index (χ4v) is 1.99. The largest absolute Gasteiger partial charge is 0.481 e. The molecule has 19 heavy (non-hydrogen) atoms. The third kappa shape index (κ3) is 4.56. The second kappa shape index (κ2) is 7.79. The van der Waals surface area contributed by atoms with E-state index in [-0.39, 0.29) is 5.91 Å². The van der Waals surface area contributed by atoms with Crippen LogP contribution in [-0.4, -0.2) is 36.5 Å². The highest BCUT2D eigenvalue weighted by atomic mass is 16.5. The quantitative estimate of drug-likeness (QED) is 0.817. The van der Waals surface area contributed by atoms with Gasteiger partial charge in [-0.05, 0) is 51.4 Å². The molecule has 0 spiro atoms. The zero-order valence-corrected chi connectivity index (χ0v) is 12.1. The zero-order chi connectivity index (χ0) is 14.3. The van der Waals surface area contributed by atoms with E-state index < -0.39 is 6.10 Å². The molecule has 4 heteroatoms. The minimum atomic E-state index is -0.465. The van der Waals surface area contributed by atoms with Crippen molar-refractivity contribution in [2.24, 2.45) is 5.73 Å². The van der Waals surface area contributed by atoms with Crippen molar-refractivity contribution in [2.75, 3.05) is 19.6 Å². The van der Waals surface area contributed by atoms with E-state index in [1.54, 1.807) is 11.8 Å². The maximum absolute atomic E-state index is 12.1. The molecule has 0 aliphatic carbocycles. The number of rotatable bonds is 7. The Kier molecular flexibility index (Phi) is 6.36. The van der Waals surface area contributed by atoms with Crippen molar-refractivity contribution in [2.45, 2.75) is 33.3 Å². The van der Waals surface area contributed by atoms with Crippen molar-refractivity contribution in [3.8, 4) is 5.75 Å². The number of likely N-dealkylation sites (N-methyl/N-ethyl adjacent to an activating group) is 1. The average Bonchev–Trinajstić information content (AvgIpc) is 2.40. The van der Waals surface area contributed by atoms with Crippen LogP contribution in [0.4, 0.5) is 0 Å². The maximum Gasteiger partial charge on any atom is 0.263 e. The van der Waals surface area contributed by atoms with Crippen LogP contribution in [0.25, 0.3) is 0 Å². The summed E-state index contributed by atoms with van der Waals surface area (Å²) in [5, 5.41) is 0. The Labute approximate surface area is 115 Å². The summed E-state index contributed by atoms with van der Waals surface area (Å²) in [5.41, 5.74) is 6.66. The Balaban J connectivity index is 2.68. The highest BCUT2D eigenvalue weighted by Gasteiger charge is 2.19. The fraction of sp³-hybridized carbons (Fsp3) is 0.533. The lowest BCUT2D eigenvalue weighted by Crippen LogP contribution is -2.40. The molecule has 1 aromatic carbocycles. The van der Waals surface area contributed by atoms with E-state index in [1.165, 1.54) is 0 Å². The number of amides is 1. The first-order valence-corrected chi connectivity index (χ1v) is 6.86. The Hall–Kier alpha value is -1.55. The van der Waals surface area contributed by atoms with Crippen LogP contribution in [0.15, 0.2) is 24.3 Å². The van der Waals surface area contributed by atoms with Gasteiger partial charge in [0.05, 0.1) is 0 Å². The molecule has 0 saturated carbocycles. The maximum atomic E-state index is 12.1. The summed E-state index contributed by atoms with van der Waals surface area (Å²) < 4.78 is 5.72. The second-order valence-corrected chi connectivity index (χ2v) is 4.46. The Morgan fingerprint density at radius 2 is 2.05 bits per heavy atom. The van der Waals surface area contributed by atoms with Crippen molar-refractivity contribution in [1.82, 2.24) is 4.90 Å². The summed E-state index contributed by atoms with van der Waals surface area (Å²) in [4.78, 5) is 13.9. The monoisotopic (exact) mass is 264 g/mol. The van der Waals surface area contributed by atoms with E-state index in [4.69, 9.17) is 10.5 Å². The van der Waals surface area contributed by atoms with Gasteiger partial charge < -0.3 is 15.4 Å². The molecule has 1 rings (SSSR count). The first kappa shape index (κ1) is 15.5. The molecule has 0 aromatic heterocycles. The van der Waals surface area contributed by atoms with Gasteiger partial charge in [-0.25, -0.2) is 0 Å². The summed E-state index contributed by atoms with van der Waals surface area (Å²) in [6, 6.07) is 7.75. The summed E-state index contributed by atoms with van der Waals surface area (Å²) in [6.45, 7) is 7.74. The normalized spacial score (nSPS) is 12.0. The summed E-state index contributed by atoms with van der Waals surface area (Å²) in [5.74, 6) is 0.744. The first-order valence-electron chi connectivity index (χ1n) is 6.86. The van der Waals surface area contributed by atoms with E-state index >= 15 is 0 Å². The van der Waals surface area contributed by atoms with Crippen molar-refractivity contribution >= 4 is 5.91 Å². The molecule has 0 aliphatic heterocycles. The number of nitrogens with zero attached hydrogens (tertiary/aromatic N) is 1. The van der Waals surface area contributed by atoms with Gasteiger partial charge >= 0.3 is 0 Å². The molecule has 0 saturated heterocycles. The molecule has 1 aromatic rings. The van der Waals surface area contributed by atoms with Crippen LogP contribution in [0.2, 0.25) is 0 Å². The zero-order valence-electron chi connectivity index (χ0n) is 12.1. The van der Waals surface area contributed by atoms with Crippen LogP contribution in [-0.2, 0) is 11.2 Å². The molecule has 106 valence electrons. The van der Waals surface area contributed by atoms with Crippen LogP contribution in [0.3, 0.4) is 0 Å². The number of carbonyl (C=O) groups excluding carboxylic acids is 1. The van der Waals surface area contributed by atoms with Crippen LogP contribution in [0, 0.1) is 0 Å². The molecular formula is C15H24N2O2. The molecule has 0 aliphatic rings. The second-order valence-electron chi connectivity index (χ2n) is 4.46. The Bertz CT molecular complexity index is 403. The average molecular weight is 264 g/mol. The molecule has 1 amide bonds. The first-order chi connectivity index (χ1) is 9.12. The van der Waals surface area contributed by atoms with Crippen molar-refractivity contribution in [1.29, 1.82) is 0 Å². The summed E-state index contributed by atoms with van der Waals surface area (Å²) in [7, 11) is 0. The van der Waals surface area contributed by atoms with Crippen molar-refractivity contribution in [3.63, 3.8) is 0 Å². The van der Waals surface area contributed by atoms with E-state index in [2.05, 4.69) is 0 Å². The van der Waals surface area contributed by atoms with Gasteiger partial charge in [0.2, 0.25) is 0 Å². The predicted octanol–water partition coefficient (Wildman–Crippen LogP) is 1.82. The fourth-order valence-electron chi connectivity index (χ4n) is 1.99. The lowest BCUT2D eigenvalue weighted by molar-refractivity contribution is -0.137. The number of carbonyl (C=O) groups is 1. The van der Waals surface area contributed by atoms with Gasteiger partial charge in [-0.15, -0.1) is 0 Å². The van der Waals surface area contributed by atoms with Gasteiger partial charge in [0.1, 0.15) is 5.75 Å². The topological polar surface area (TPSA) is 55.6 Å². The molecule has 0 bridgehead atoms. The number of nitrogens with two attached hydrogens (primary N) is 1. The van der Waals surface area contributed by atoms with Gasteiger partial charge in [0, 0.05) is 13.1 Å². The molecule has 0 fully saturated rings. The SMILES string of the molecule is CCN(CC)C(=O)C(C)Oc1cccc(CCN)c1. The number of benzene rings is 1. The van der Waals surface area contributed by atoms with Crippen molar-refractivity contribution < 1.29 is 9.53 Å². The minimum absolute atomic E-state index is 0.0224. The van der Waals surface area contributed by atoms with Gasteiger partial charge in [-0.2, -0.15) is 0 Å². The van der Waals surface area contributed by atoms with Gasteiger partial charge in [0.15, 0.2) is 6.10 Å². The highest BCUT2D eigenvalue weighted by Crippen LogP contribution is 2.16. The van der Waals surface area contributed by atoms with Crippen LogP contribution in [0.5, 0.6) is 5.75 Å². The molecular weight excluding hydrogens is 240 g/mol. The van der Waals surface area contributed by atoms with Gasteiger partial charge in [-0.1, -0.05) is 12.1 Å². The Morgan fingerprint density at radius 1 is 1.37 bits per heavy atom. The third-order valence-electron chi connectivity index (χ3n) is 3.07. The Morgan fingerprint density at radius 3 is 2.63 bits per heavy atom. The standard InChI is InChI=1S/C15H24N2O2/c1-4-17(5-2)15(18)12(3)19-14-8-6-7-13(11-14)9-10-16/h6-8,11-12H,4-5,9-10,16H2,1-3H3. The molecule has 1 unspecified atom stereocenters. The van der Waals surface area contributed by atoms with Gasteiger partial charge in [-0.3, -0.25) is 4.79 Å². The van der Waals surface area contributed by atoms with E-state index in [1.807, 2.05) is 38.1 Å². The molecule has 0 heterocycles. The van der Waals surface area contributed by atoms with Crippen LogP contribution < -0.4 is 10.5 Å². The molecule has 0 radical (unpaired) electrons. The van der Waals surface area contributed by atoms with E-state index in [0.29, 0.717) is 19.6 Å². The summed E-state index contributed by atoms with van der Waals surface area (Å²) in [6.07, 6.45) is 0.350. The molecule has 4 nitrogen and oxygen atoms in total. The van der Waals surface area contributed by atoms with Crippen molar-refractivity contribution in [3.05, 3.63) is 29.8 Å². The minimum Gasteiger partial charge on any atom is -0.481 e. The third-order valence-corrected chi connectivity index (χ3v) is 3.07. The number of hydrogen-bond acceptors (Lipinski definition) is 3. The van der Waals surface area contributed by atoms with E-state index in [9.17, 15) is 4.79 Å². The van der Waals surface area contributed by atoms with Gasteiger partial charge in [0.25, 0.3) is 5.91 Å². The van der Waals surface area contributed by atoms with Crippen LogP contribution >= 0.6 is 0 Å². The lowest BCUT2D eigenvalue weighted by atomic mass is 10.1. The highest BCUT2D eigenvalue weighted by molar-refractivity contribution is 5.80. The molecule has 1 atom stereocenters. The number of hydrogen-bond donors (Lipinski definition) is 1. The summed E-state index contributed by atoms with van der Waals surface area (Å²) >= 11 is 0. The molecule has 2 N–H and O–H groups in total.